The molecule has 39 heavy (non-hydrogen) atoms. The van der Waals surface area contributed by atoms with E-state index in [4.69, 9.17) is 0 Å². The molecule has 2 amide bonds. The van der Waals surface area contributed by atoms with Gasteiger partial charge in [0.1, 0.15) is 0 Å². The summed E-state index contributed by atoms with van der Waals surface area (Å²) >= 11 is 0. The Kier molecular flexibility index (Phi) is 7.97. The number of aliphatic hydroxyl groups is 1. The van der Waals surface area contributed by atoms with Crippen molar-refractivity contribution in [2.75, 3.05) is 6.54 Å². The van der Waals surface area contributed by atoms with Gasteiger partial charge in [0.25, 0.3) is 11.8 Å². The van der Waals surface area contributed by atoms with Crippen molar-refractivity contribution in [2.24, 2.45) is 5.92 Å². The van der Waals surface area contributed by atoms with E-state index in [9.17, 15) is 33.4 Å². The summed E-state index contributed by atoms with van der Waals surface area (Å²) in [6, 6.07) is 15.9. The van der Waals surface area contributed by atoms with Gasteiger partial charge in [0.15, 0.2) is 11.6 Å². The molecule has 0 saturated heterocycles. The van der Waals surface area contributed by atoms with Crippen LogP contribution in [0.1, 0.15) is 65.5 Å². The largest absolute Gasteiger partial charge is 0.481 e. The molecule has 1 aliphatic heterocycles. The number of hydrogen-bond acceptors (Lipinski definition) is 4. The second-order valence-electron chi connectivity index (χ2n) is 10.9. The molecule has 4 rings (SSSR count). The standard InChI is InChI=1S/C31H31F2NO5/c1-31(2,3)21-10-11-22-24(17-21)29(37)34(28(22)36)15-14-23(30(38)39)27(35)13-6-18-4-7-19(8-5-18)20-9-12-25(32)26(33)16-20/h4-5,7-12,16-17,23,27,35H,6,13-15H2,1-3H3,(H,38,39). The lowest BCUT2D eigenvalue weighted by Crippen LogP contribution is -2.36. The van der Waals surface area contributed by atoms with E-state index >= 15 is 0 Å². The normalized spacial score (nSPS) is 14.9. The van der Waals surface area contributed by atoms with Crippen LogP contribution in [0.5, 0.6) is 0 Å². The number of amides is 2. The summed E-state index contributed by atoms with van der Waals surface area (Å²) in [5.74, 6) is -5.15. The maximum Gasteiger partial charge on any atom is 0.309 e. The van der Waals surface area contributed by atoms with Gasteiger partial charge in [-0.25, -0.2) is 8.78 Å². The van der Waals surface area contributed by atoms with Gasteiger partial charge in [-0.3, -0.25) is 19.3 Å². The van der Waals surface area contributed by atoms with Gasteiger partial charge in [0.05, 0.1) is 23.1 Å². The SMILES string of the molecule is CC(C)(C)c1ccc2c(c1)C(=O)N(CCC(C(=O)O)C(O)CCc1ccc(-c3ccc(F)c(F)c3)cc1)C2=O. The van der Waals surface area contributed by atoms with Crippen molar-refractivity contribution in [3.63, 3.8) is 0 Å². The molecule has 0 radical (unpaired) electrons. The first-order valence-corrected chi connectivity index (χ1v) is 12.8. The first-order chi connectivity index (χ1) is 18.4. The minimum atomic E-state index is -1.21. The number of nitrogens with zero attached hydrogens (tertiary/aromatic N) is 1. The molecular formula is C31H31F2NO5. The lowest BCUT2D eigenvalue weighted by molar-refractivity contribution is -0.146. The van der Waals surface area contributed by atoms with Crippen LogP contribution in [0, 0.1) is 17.6 Å². The molecule has 8 heteroatoms. The topological polar surface area (TPSA) is 94.9 Å². The number of carbonyl (C=O) groups is 3. The van der Waals surface area contributed by atoms with Crippen molar-refractivity contribution in [2.45, 2.75) is 51.6 Å². The molecule has 0 aromatic heterocycles. The molecule has 6 nitrogen and oxygen atoms in total. The number of fused-ring (bicyclic) bond motifs is 1. The number of benzene rings is 3. The highest BCUT2D eigenvalue weighted by molar-refractivity contribution is 6.21. The highest BCUT2D eigenvalue weighted by Crippen LogP contribution is 2.30. The zero-order valence-electron chi connectivity index (χ0n) is 22.1. The van der Waals surface area contributed by atoms with Gasteiger partial charge in [-0.05, 0) is 71.2 Å². The zero-order chi connectivity index (χ0) is 28.5. The summed E-state index contributed by atoms with van der Waals surface area (Å²) in [6.07, 6.45) is -0.746. The van der Waals surface area contributed by atoms with E-state index in [2.05, 4.69) is 0 Å². The van der Waals surface area contributed by atoms with E-state index in [1.807, 2.05) is 26.8 Å². The van der Waals surface area contributed by atoms with Crippen LogP contribution in [0.15, 0.2) is 60.7 Å². The van der Waals surface area contributed by atoms with Crippen LogP contribution in [0.3, 0.4) is 0 Å². The van der Waals surface area contributed by atoms with Crippen molar-refractivity contribution in [3.8, 4) is 11.1 Å². The van der Waals surface area contributed by atoms with Crippen LogP contribution < -0.4 is 0 Å². The first-order valence-electron chi connectivity index (χ1n) is 12.8. The van der Waals surface area contributed by atoms with Crippen molar-refractivity contribution in [1.82, 2.24) is 4.90 Å². The summed E-state index contributed by atoms with van der Waals surface area (Å²) in [5, 5.41) is 20.4. The van der Waals surface area contributed by atoms with Crippen LogP contribution in [-0.2, 0) is 16.6 Å². The number of aliphatic hydroxyl groups excluding tert-OH is 1. The Morgan fingerprint density at radius 1 is 0.846 bits per heavy atom. The van der Waals surface area contributed by atoms with E-state index in [-0.39, 0.29) is 24.8 Å². The fourth-order valence-corrected chi connectivity index (χ4v) is 4.76. The fraction of sp³-hybridized carbons (Fsp3) is 0.323. The summed E-state index contributed by atoms with van der Waals surface area (Å²) in [6.45, 7) is 5.91. The highest BCUT2D eigenvalue weighted by atomic mass is 19.2. The van der Waals surface area contributed by atoms with Crippen LogP contribution in [0.4, 0.5) is 8.78 Å². The number of imide groups is 1. The molecule has 3 aromatic carbocycles. The van der Waals surface area contributed by atoms with Gasteiger partial charge in [-0.1, -0.05) is 57.2 Å². The minimum Gasteiger partial charge on any atom is -0.481 e. The molecule has 2 N–H and O–H groups in total. The average Bonchev–Trinajstić information content (AvgIpc) is 3.13. The molecule has 204 valence electrons. The number of rotatable bonds is 9. The second-order valence-corrected chi connectivity index (χ2v) is 10.9. The Balaban J connectivity index is 1.37. The second kappa shape index (κ2) is 11.1. The Bertz CT molecular complexity index is 1410. The van der Waals surface area contributed by atoms with Crippen molar-refractivity contribution in [1.29, 1.82) is 0 Å². The number of halogens is 2. The Morgan fingerprint density at radius 3 is 2.10 bits per heavy atom. The molecule has 1 heterocycles. The Hall–Kier alpha value is -3.91. The summed E-state index contributed by atoms with van der Waals surface area (Å²) in [7, 11) is 0. The monoisotopic (exact) mass is 535 g/mol. The predicted molar refractivity (Wildman–Crippen MR) is 142 cm³/mol. The van der Waals surface area contributed by atoms with Gasteiger partial charge in [-0.15, -0.1) is 0 Å². The lowest BCUT2D eigenvalue weighted by Gasteiger charge is -2.22. The number of aryl methyl sites for hydroxylation is 1. The molecule has 0 bridgehead atoms. The first kappa shape index (κ1) is 28.1. The molecule has 2 atom stereocenters. The number of carboxylic acids is 1. The Labute approximate surface area is 225 Å². The molecule has 1 aliphatic rings. The van der Waals surface area contributed by atoms with Gasteiger partial charge in [0.2, 0.25) is 0 Å². The van der Waals surface area contributed by atoms with Gasteiger partial charge in [-0.2, -0.15) is 0 Å². The zero-order valence-corrected chi connectivity index (χ0v) is 22.1. The minimum absolute atomic E-state index is 0.0802. The lowest BCUT2D eigenvalue weighted by atomic mass is 9.85. The summed E-state index contributed by atoms with van der Waals surface area (Å²) in [4.78, 5) is 38.8. The molecule has 0 saturated carbocycles. The maximum atomic E-state index is 13.5. The van der Waals surface area contributed by atoms with Gasteiger partial charge >= 0.3 is 5.97 Å². The number of hydrogen-bond donors (Lipinski definition) is 2. The van der Waals surface area contributed by atoms with Crippen molar-refractivity contribution in [3.05, 3.63) is 94.6 Å². The quantitative estimate of drug-likeness (QED) is 0.348. The third kappa shape index (κ3) is 6.06. The van der Waals surface area contributed by atoms with Crippen LogP contribution in [0.2, 0.25) is 0 Å². The number of carbonyl (C=O) groups excluding carboxylic acids is 2. The van der Waals surface area contributed by atoms with E-state index < -0.39 is 41.4 Å². The molecule has 0 fully saturated rings. The predicted octanol–water partition coefficient (Wildman–Crippen LogP) is 5.61. The average molecular weight is 536 g/mol. The molecule has 0 spiro atoms. The number of carboxylic acid groups (broad SMARTS) is 1. The van der Waals surface area contributed by atoms with E-state index in [0.717, 1.165) is 28.2 Å². The maximum absolute atomic E-state index is 13.5. The summed E-state index contributed by atoms with van der Waals surface area (Å²) < 4.78 is 26.7. The molecule has 2 unspecified atom stereocenters. The Morgan fingerprint density at radius 2 is 1.49 bits per heavy atom. The third-order valence-corrected chi connectivity index (χ3v) is 7.22. The van der Waals surface area contributed by atoms with Crippen LogP contribution in [-0.4, -0.2) is 45.5 Å². The van der Waals surface area contributed by atoms with E-state index in [1.54, 1.807) is 36.4 Å². The van der Waals surface area contributed by atoms with Crippen molar-refractivity contribution >= 4 is 17.8 Å². The highest BCUT2D eigenvalue weighted by Gasteiger charge is 2.37. The van der Waals surface area contributed by atoms with E-state index in [1.165, 1.54) is 6.07 Å². The van der Waals surface area contributed by atoms with E-state index in [0.29, 0.717) is 28.7 Å². The molecular weight excluding hydrogens is 504 g/mol. The molecule has 0 aliphatic carbocycles. The van der Waals surface area contributed by atoms with Crippen LogP contribution >= 0.6 is 0 Å². The summed E-state index contributed by atoms with van der Waals surface area (Å²) in [5.41, 5.74) is 3.37. The van der Waals surface area contributed by atoms with Gasteiger partial charge < -0.3 is 10.2 Å². The van der Waals surface area contributed by atoms with Gasteiger partial charge in [0, 0.05) is 6.54 Å². The van der Waals surface area contributed by atoms with Crippen LogP contribution in [0.25, 0.3) is 11.1 Å². The number of aliphatic carboxylic acids is 1. The third-order valence-electron chi connectivity index (χ3n) is 7.22. The smallest absolute Gasteiger partial charge is 0.309 e. The van der Waals surface area contributed by atoms with Crippen molar-refractivity contribution < 1.29 is 33.4 Å². The molecule has 3 aromatic rings. The fourth-order valence-electron chi connectivity index (χ4n) is 4.76.